The molecular formula is C19H20FN3S. The van der Waals surface area contributed by atoms with Crippen molar-refractivity contribution in [1.29, 1.82) is 0 Å². The molecule has 1 aliphatic heterocycles. The summed E-state index contributed by atoms with van der Waals surface area (Å²) in [6, 6.07) is 13.5. The SMILES string of the molecule is CCc1ccc2nc(N3CCN(c4ccccc4F)CC3)sc2c1. The van der Waals surface area contributed by atoms with Crippen molar-refractivity contribution in [1.82, 2.24) is 4.98 Å². The van der Waals surface area contributed by atoms with Crippen LogP contribution in [0, 0.1) is 5.82 Å². The Bertz CT molecular complexity index is 853. The van der Waals surface area contributed by atoms with Gasteiger partial charge >= 0.3 is 0 Å². The highest BCUT2D eigenvalue weighted by atomic mass is 32.1. The molecule has 0 bridgehead atoms. The Morgan fingerprint density at radius 3 is 2.54 bits per heavy atom. The van der Waals surface area contributed by atoms with Crippen LogP contribution in [-0.4, -0.2) is 31.2 Å². The lowest BCUT2D eigenvalue weighted by Crippen LogP contribution is -2.46. The van der Waals surface area contributed by atoms with E-state index in [0.717, 1.165) is 43.2 Å². The van der Waals surface area contributed by atoms with Crippen LogP contribution in [-0.2, 0) is 6.42 Å². The number of hydrogen-bond donors (Lipinski definition) is 0. The van der Waals surface area contributed by atoms with Crippen LogP contribution in [0.3, 0.4) is 0 Å². The summed E-state index contributed by atoms with van der Waals surface area (Å²) in [5.41, 5.74) is 3.12. The highest BCUT2D eigenvalue weighted by Crippen LogP contribution is 2.31. The van der Waals surface area contributed by atoms with Gasteiger partial charge in [0.15, 0.2) is 5.13 Å². The molecule has 0 spiro atoms. The molecule has 1 saturated heterocycles. The summed E-state index contributed by atoms with van der Waals surface area (Å²) in [5, 5.41) is 1.08. The van der Waals surface area contributed by atoms with Crippen molar-refractivity contribution in [3.8, 4) is 0 Å². The van der Waals surface area contributed by atoms with Gasteiger partial charge in [-0.05, 0) is 36.2 Å². The maximum Gasteiger partial charge on any atom is 0.186 e. The largest absolute Gasteiger partial charge is 0.366 e. The molecule has 0 saturated carbocycles. The lowest BCUT2D eigenvalue weighted by atomic mass is 10.2. The van der Waals surface area contributed by atoms with Crippen molar-refractivity contribution in [3.05, 3.63) is 53.8 Å². The van der Waals surface area contributed by atoms with Gasteiger partial charge in [0.25, 0.3) is 0 Å². The number of anilines is 2. The number of piperazine rings is 1. The fourth-order valence-electron chi connectivity index (χ4n) is 3.16. The number of nitrogens with zero attached hydrogens (tertiary/aromatic N) is 3. The topological polar surface area (TPSA) is 19.4 Å². The first kappa shape index (κ1) is 15.4. The highest BCUT2D eigenvalue weighted by molar-refractivity contribution is 7.22. The fourth-order valence-corrected chi connectivity index (χ4v) is 4.24. The van der Waals surface area contributed by atoms with E-state index in [1.54, 1.807) is 17.4 Å². The number of thiazole rings is 1. The minimum absolute atomic E-state index is 0.141. The van der Waals surface area contributed by atoms with E-state index < -0.39 is 0 Å². The molecule has 0 amide bonds. The number of fused-ring (bicyclic) bond motifs is 1. The highest BCUT2D eigenvalue weighted by Gasteiger charge is 2.21. The third-order valence-electron chi connectivity index (χ3n) is 4.59. The second kappa shape index (κ2) is 6.40. The van der Waals surface area contributed by atoms with Crippen LogP contribution in [0.25, 0.3) is 10.2 Å². The molecule has 124 valence electrons. The molecule has 2 aromatic carbocycles. The maximum atomic E-state index is 13.9. The minimum Gasteiger partial charge on any atom is -0.366 e. The molecule has 1 aliphatic rings. The molecule has 24 heavy (non-hydrogen) atoms. The Morgan fingerprint density at radius 2 is 1.79 bits per heavy atom. The molecule has 3 nitrogen and oxygen atoms in total. The molecule has 4 rings (SSSR count). The molecular weight excluding hydrogens is 321 g/mol. The van der Waals surface area contributed by atoms with Crippen LogP contribution in [0.2, 0.25) is 0 Å². The second-order valence-corrected chi connectivity index (χ2v) is 7.09. The Morgan fingerprint density at radius 1 is 1.04 bits per heavy atom. The summed E-state index contributed by atoms with van der Waals surface area (Å²) >= 11 is 1.76. The smallest absolute Gasteiger partial charge is 0.186 e. The first-order valence-corrected chi connectivity index (χ1v) is 9.20. The summed E-state index contributed by atoms with van der Waals surface area (Å²) in [6.07, 6.45) is 1.05. The summed E-state index contributed by atoms with van der Waals surface area (Å²) in [4.78, 5) is 9.21. The van der Waals surface area contributed by atoms with Crippen molar-refractivity contribution < 1.29 is 4.39 Å². The lowest BCUT2D eigenvalue weighted by Gasteiger charge is -2.36. The van der Waals surface area contributed by atoms with E-state index in [9.17, 15) is 4.39 Å². The zero-order valence-corrected chi connectivity index (χ0v) is 14.5. The van der Waals surface area contributed by atoms with Crippen molar-refractivity contribution >= 4 is 32.4 Å². The van der Waals surface area contributed by atoms with Gasteiger partial charge in [-0.15, -0.1) is 0 Å². The van der Waals surface area contributed by atoms with Gasteiger partial charge < -0.3 is 9.80 Å². The number of rotatable bonds is 3. The van der Waals surface area contributed by atoms with Gasteiger partial charge in [0.05, 0.1) is 15.9 Å². The van der Waals surface area contributed by atoms with Crippen LogP contribution in [0.5, 0.6) is 0 Å². The van der Waals surface area contributed by atoms with E-state index in [2.05, 4.69) is 34.9 Å². The van der Waals surface area contributed by atoms with E-state index >= 15 is 0 Å². The summed E-state index contributed by atoms with van der Waals surface area (Å²) in [7, 11) is 0. The monoisotopic (exact) mass is 341 g/mol. The molecule has 0 atom stereocenters. The molecule has 0 N–H and O–H groups in total. The Balaban J connectivity index is 1.50. The first-order valence-electron chi connectivity index (χ1n) is 8.38. The summed E-state index contributed by atoms with van der Waals surface area (Å²) < 4.78 is 15.2. The number of hydrogen-bond acceptors (Lipinski definition) is 4. The molecule has 1 aromatic heterocycles. The minimum atomic E-state index is -0.141. The van der Waals surface area contributed by atoms with Crippen LogP contribution < -0.4 is 9.80 Å². The third-order valence-corrected chi connectivity index (χ3v) is 5.67. The van der Waals surface area contributed by atoms with Gasteiger partial charge in [0.1, 0.15) is 5.82 Å². The van der Waals surface area contributed by atoms with Gasteiger partial charge in [0, 0.05) is 26.2 Å². The summed E-state index contributed by atoms with van der Waals surface area (Å²) in [6.45, 7) is 5.54. The molecule has 0 aliphatic carbocycles. The van der Waals surface area contributed by atoms with Crippen LogP contribution in [0.1, 0.15) is 12.5 Å². The number of para-hydroxylation sites is 1. The Labute approximate surface area is 145 Å². The van der Waals surface area contributed by atoms with Crippen LogP contribution >= 0.6 is 11.3 Å². The second-order valence-electron chi connectivity index (χ2n) is 6.08. The van der Waals surface area contributed by atoms with E-state index in [4.69, 9.17) is 4.98 Å². The molecule has 0 unspecified atom stereocenters. The molecule has 5 heteroatoms. The number of benzene rings is 2. The third kappa shape index (κ3) is 2.84. The zero-order valence-electron chi connectivity index (χ0n) is 13.7. The van der Waals surface area contributed by atoms with Gasteiger partial charge in [-0.3, -0.25) is 0 Å². The van der Waals surface area contributed by atoms with Crippen molar-refractivity contribution in [2.75, 3.05) is 36.0 Å². The predicted octanol–water partition coefficient (Wildman–Crippen LogP) is 4.32. The molecule has 3 aromatic rings. The Kier molecular flexibility index (Phi) is 4.10. The first-order chi connectivity index (χ1) is 11.7. The van der Waals surface area contributed by atoms with E-state index in [1.807, 2.05) is 12.1 Å². The van der Waals surface area contributed by atoms with Gasteiger partial charge in [-0.2, -0.15) is 0 Å². The van der Waals surface area contributed by atoms with Crippen molar-refractivity contribution in [3.63, 3.8) is 0 Å². The number of halogens is 1. The molecule has 2 heterocycles. The van der Waals surface area contributed by atoms with Crippen molar-refractivity contribution in [2.45, 2.75) is 13.3 Å². The maximum absolute atomic E-state index is 13.9. The van der Waals surface area contributed by atoms with Gasteiger partial charge in [-0.25, -0.2) is 9.37 Å². The lowest BCUT2D eigenvalue weighted by molar-refractivity contribution is 0.597. The van der Waals surface area contributed by atoms with E-state index in [1.165, 1.54) is 16.3 Å². The molecule has 0 radical (unpaired) electrons. The molecule has 1 fully saturated rings. The van der Waals surface area contributed by atoms with Gasteiger partial charge in [0.2, 0.25) is 0 Å². The zero-order chi connectivity index (χ0) is 16.5. The van der Waals surface area contributed by atoms with Gasteiger partial charge in [-0.1, -0.05) is 36.5 Å². The average Bonchev–Trinajstić information content (AvgIpc) is 3.05. The summed E-state index contributed by atoms with van der Waals surface area (Å²) in [5.74, 6) is -0.141. The predicted molar refractivity (Wildman–Crippen MR) is 99.8 cm³/mol. The van der Waals surface area contributed by atoms with Crippen LogP contribution in [0.15, 0.2) is 42.5 Å². The number of aromatic nitrogens is 1. The van der Waals surface area contributed by atoms with Crippen LogP contribution in [0.4, 0.5) is 15.2 Å². The quantitative estimate of drug-likeness (QED) is 0.707. The standard InChI is InChI=1S/C19H20FN3S/c1-2-14-7-8-16-18(13-14)24-19(21-16)23-11-9-22(10-12-23)17-6-4-3-5-15(17)20/h3-8,13H,2,9-12H2,1H3. The van der Waals surface area contributed by atoms with E-state index in [-0.39, 0.29) is 5.82 Å². The number of aryl methyl sites for hydroxylation is 1. The fraction of sp³-hybridized carbons (Fsp3) is 0.316. The van der Waals surface area contributed by atoms with E-state index in [0.29, 0.717) is 5.69 Å². The van der Waals surface area contributed by atoms with Crippen molar-refractivity contribution in [2.24, 2.45) is 0 Å². The average molecular weight is 341 g/mol. The normalized spacial score (nSPS) is 15.2. The Hall–Kier alpha value is -2.14.